The highest BCUT2D eigenvalue weighted by molar-refractivity contribution is 14.1. The van der Waals surface area contributed by atoms with Gasteiger partial charge in [-0.25, -0.2) is 4.39 Å². The van der Waals surface area contributed by atoms with Crippen LogP contribution in [0, 0.1) is 20.7 Å². The van der Waals surface area contributed by atoms with Gasteiger partial charge >= 0.3 is 0 Å². The van der Waals surface area contributed by atoms with E-state index in [1.54, 1.807) is 6.07 Å². The molecule has 2 nitrogen and oxygen atoms in total. The molecule has 0 radical (unpaired) electrons. The van der Waals surface area contributed by atoms with Gasteiger partial charge in [-0.1, -0.05) is 26.7 Å². The number of nitrogens with one attached hydrogen (secondary N) is 1. The molecular formula is C16H24FIN2. The molecule has 1 aromatic rings. The number of halogens is 2. The molecule has 1 aliphatic carbocycles. The van der Waals surface area contributed by atoms with Crippen LogP contribution in [0.15, 0.2) is 12.1 Å². The molecule has 0 atom stereocenters. The minimum atomic E-state index is -0.202. The van der Waals surface area contributed by atoms with Gasteiger partial charge in [0.2, 0.25) is 0 Å². The first-order valence-electron chi connectivity index (χ1n) is 7.40. The zero-order valence-corrected chi connectivity index (χ0v) is 14.5. The van der Waals surface area contributed by atoms with E-state index >= 15 is 0 Å². The maximum absolute atomic E-state index is 13.7. The van der Waals surface area contributed by atoms with Crippen molar-refractivity contribution in [2.75, 3.05) is 17.6 Å². The summed E-state index contributed by atoms with van der Waals surface area (Å²) in [5, 5.41) is 3.40. The van der Waals surface area contributed by atoms with E-state index in [2.05, 4.69) is 19.2 Å². The summed E-state index contributed by atoms with van der Waals surface area (Å²) in [6.07, 6.45) is 6.39. The van der Waals surface area contributed by atoms with Crippen LogP contribution >= 0.6 is 22.6 Å². The SMILES string of the molecule is CC(C)CC1(CNc2cc(F)c(I)cc2N)CCCC1. The average Bonchev–Trinajstić information content (AvgIpc) is 2.80. The molecular weight excluding hydrogens is 366 g/mol. The minimum absolute atomic E-state index is 0.202. The molecule has 0 amide bonds. The maximum Gasteiger partial charge on any atom is 0.138 e. The molecule has 0 aliphatic heterocycles. The molecule has 1 fully saturated rings. The molecule has 1 aliphatic rings. The lowest BCUT2D eigenvalue weighted by Crippen LogP contribution is -2.28. The first-order chi connectivity index (χ1) is 9.42. The molecule has 112 valence electrons. The summed E-state index contributed by atoms with van der Waals surface area (Å²) in [5.74, 6) is 0.493. The second kappa shape index (κ2) is 6.50. The van der Waals surface area contributed by atoms with Gasteiger partial charge in [0.25, 0.3) is 0 Å². The van der Waals surface area contributed by atoms with E-state index in [1.807, 2.05) is 22.6 Å². The van der Waals surface area contributed by atoms with Crippen LogP contribution in [0.4, 0.5) is 15.8 Å². The largest absolute Gasteiger partial charge is 0.397 e. The van der Waals surface area contributed by atoms with Gasteiger partial charge in [-0.3, -0.25) is 0 Å². The Kier molecular flexibility index (Phi) is 5.15. The number of hydrogen-bond donors (Lipinski definition) is 2. The summed E-state index contributed by atoms with van der Waals surface area (Å²) < 4.78 is 14.2. The van der Waals surface area contributed by atoms with Crippen molar-refractivity contribution in [1.82, 2.24) is 0 Å². The molecule has 0 bridgehead atoms. The van der Waals surface area contributed by atoms with E-state index in [-0.39, 0.29) is 5.82 Å². The lowest BCUT2D eigenvalue weighted by Gasteiger charge is -2.32. The van der Waals surface area contributed by atoms with Gasteiger partial charge in [-0.15, -0.1) is 0 Å². The second-order valence-corrected chi connectivity index (χ2v) is 7.67. The zero-order chi connectivity index (χ0) is 14.8. The van der Waals surface area contributed by atoms with Crippen molar-refractivity contribution >= 4 is 34.0 Å². The standard InChI is InChI=1S/C16H24FIN2/c1-11(2)9-16(5-3-4-6-16)10-20-15-7-12(17)13(18)8-14(15)19/h7-8,11,20H,3-6,9-10,19H2,1-2H3. The Morgan fingerprint density at radius 1 is 1.35 bits per heavy atom. The van der Waals surface area contributed by atoms with E-state index in [0.29, 0.717) is 20.6 Å². The van der Waals surface area contributed by atoms with Crippen molar-refractivity contribution in [3.05, 3.63) is 21.5 Å². The summed E-state index contributed by atoms with van der Waals surface area (Å²) in [4.78, 5) is 0. The number of nitrogens with two attached hydrogens (primary N) is 1. The summed E-state index contributed by atoms with van der Waals surface area (Å²) in [5.41, 5.74) is 7.71. The fraction of sp³-hybridized carbons (Fsp3) is 0.625. The first-order valence-corrected chi connectivity index (χ1v) is 8.48. The first kappa shape index (κ1) is 15.9. The van der Waals surface area contributed by atoms with Crippen LogP contribution in [-0.2, 0) is 0 Å². The third-order valence-corrected chi connectivity index (χ3v) is 5.08. The van der Waals surface area contributed by atoms with E-state index in [1.165, 1.54) is 38.2 Å². The van der Waals surface area contributed by atoms with Gasteiger partial charge in [0.05, 0.1) is 14.9 Å². The lowest BCUT2D eigenvalue weighted by molar-refractivity contribution is 0.252. The monoisotopic (exact) mass is 390 g/mol. The van der Waals surface area contributed by atoms with Crippen LogP contribution in [0.1, 0.15) is 46.0 Å². The predicted molar refractivity (Wildman–Crippen MR) is 92.4 cm³/mol. The van der Waals surface area contributed by atoms with Gasteiger partial charge in [0.1, 0.15) is 5.82 Å². The van der Waals surface area contributed by atoms with E-state index in [9.17, 15) is 4.39 Å². The van der Waals surface area contributed by atoms with Crippen molar-refractivity contribution in [2.45, 2.75) is 46.0 Å². The molecule has 0 aromatic heterocycles. The van der Waals surface area contributed by atoms with Crippen LogP contribution in [0.5, 0.6) is 0 Å². The molecule has 20 heavy (non-hydrogen) atoms. The van der Waals surface area contributed by atoms with Crippen LogP contribution in [0.2, 0.25) is 0 Å². The quantitative estimate of drug-likeness (QED) is 0.547. The van der Waals surface area contributed by atoms with Crippen LogP contribution in [-0.4, -0.2) is 6.54 Å². The number of anilines is 2. The molecule has 0 heterocycles. The van der Waals surface area contributed by atoms with Crippen molar-refractivity contribution in [3.63, 3.8) is 0 Å². The van der Waals surface area contributed by atoms with Crippen LogP contribution < -0.4 is 11.1 Å². The molecule has 3 N–H and O–H groups in total. The molecule has 2 rings (SSSR count). The molecule has 0 saturated heterocycles. The molecule has 1 saturated carbocycles. The van der Waals surface area contributed by atoms with Crippen molar-refractivity contribution in [3.8, 4) is 0 Å². The topological polar surface area (TPSA) is 38.0 Å². The predicted octanol–water partition coefficient (Wildman–Crippen LogP) is 5.03. The Morgan fingerprint density at radius 3 is 2.60 bits per heavy atom. The lowest BCUT2D eigenvalue weighted by atomic mass is 9.78. The molecule has 4 heteroatoms. The summed E-state index contributed by atoms with van der Waals surface area (Å²) in [6, 6.07) is 3.22. The molecule has 0 unspecified atom stereocenters. The third-order valence-electron chi connectivity index (χ3n) is 4.25. The highest BCUT2D eigenvalue weighted by Gasteiger charge is 2.34. The van der Waals surface area contributed by atoms with Gasteiger partial charge in [-0.05, 0) is 59.3 Å². The normalized spacial score (nSPS) is 17.6. The van der Waals surface area contributed by atoms with Crippen molar-refractivity contribution < 1.29 is 4.39 Å². The van der Waals surface area contributed by atoms with Crippen molar-refractivity contribution in [2.24, 2.45) is 11.3 Å². The Morgan fingerprint density at radius 2 is 2.00 bits per heavy atom. The Bertz CT molecular complexity index is 468. The van der Waals surface area contributed by atoms with Crippen molar-refractivity contribution in [1.29, 1.82) is 0 Å². The summed E-state index contributed by atoms with van der Waals surface area (Å²) >= 11 is 1.97. The number of benzene rings is 1. The molecule has 0 spiro atoms. The fourth-order valence-electron chi connectivity index (χ4n) is 3.44. The van der Waals surface area contributed by atoms with Gasteiger partial charge in [-0.2, -0.15) is 0 Å². The Balaban J connectivity index is 2.08. The maximum atomic E-state index is 13.7. The van der Waals surface area contributed by atoms with Crippen LogP contribution in [0.25, 0.3) is 0 Å². The summed E-state index contributed by atoms with van der Waals surface area (Å²) in [6.45, 7) is 5.45. The van der Waals surface area contributed by atoms with E-state index in [0.717, 1.165) is 12.2 Å². The van der Waals surface area contributed by atoms with E-state index in [4.69, 9.17) is 5.73 Å². The Labute approximate surface area is 134 Å². The third kappa shape index (κ3) is 3.77. The summed E-state index contributed by atoms with van der Waals surface area (Å²) in [7, 11) is 0. The fourth-order valence-corrected chi connectivity index (χ4v) is 3.93. The number of rotatable bonds is 5. The van der Waals surface area contributed by atoms with E-state index < -0.39 is 0 Å². The highest BCUT2D eigenvalue weighted by atomic mass is 127. The zero-order valence-electron chi connectivity index (χ0n) is 12.3. The minimum Gasteiger partial charge on any atom is -0.397 e. The highest BCUT2D eigenvalue weighted by Crippen LogP contribution is 2.43. The molecule has 1 aromatic carbocycles. The average molecular weight is 390 g/mol. The number of hydrogen-bond acceptors (Lipinski definition) is 2. The number of nitrogen functional groups attached to an aromatic ring is 1. The Hall–Kier alpha value is -0.520. The van der Waals surface area contributed by atoms with Crippen LogP contribution in [0.3, 0.4) is 0 Å². The van der Waals surface area contributed by atoms with Gasteiger partial charge < -0.3 is 11.1 Å². The second-order valence-electron chi connectivity index (χ2n) is 6.51. The smallest absolute Gasteiger partial charge is 0.138 e. The van der Waals surface area contributed by atoms with Gasteiger partial charge in [0, 0.05) is 12.6 Å². The van der Waals surface area contributed by atoms with Gasteiger partial charge in [0.15, 0.2) is 0 Å².